The van der Waals surface area contributed by atoms with Crippen LogP contribution < -0.4 is 0 Å². The van der Waals surface area contributed by atoms with E-state index in [1.54, 1.807) is 13.1 Å². The second-order valence-electron chi connectivity index (χ2n) is 7.45. The van der Waals surface area contributed by atoms with Crippen molar-refractivity contribution in [2.45, 2.75) is 38.5 Å². The first kappa shape index (κ1) is 17.0. The Morgan fingerprint density at radius 1 is 1.12 bits per heavy atom. The van der Waals surface area contributed by atoms with Gasteiger partial charge in [-0.05, 0) is 37.8 Å². The number of rotatable bonds is 2. The van der Waals surface area contributed by atoms with Crippen molar-refractivity contribution in [3.05, 3.63) is 24.0 Å². The topological polar surface area (TPSA) is 82.2 Å². The summed E-state index contributed by atoms with van der Waals surface area (Å²) in [5.74, 6) is 0.680. The minimum atomic E-state index is 0.0485. The van der Waals surface area contributed by atoms with Gasteiger partial charge in [-0.15, -0.1) is 0 Å². The summed E-state index contributed by atoms with van der Waals surface area (Å²) >= 11 is 0. The van der Waals surface area contributed by atoms with Crippen LogP contribution in [0, 0.1) is 5.92 Å². The fourth-order valence-electron chi connectivity index (χ4n) is 4.19. The average molecular weight is 355 g/mol. The summed E-state index contributed by atoms with van der Waals surface area (Å²) in [6, 6.07) is 4.10. The van der Waals surface area contributed by atoms with E-state index in [9.17, 15) is 9.59 Å². The Hall–Kier alpha value is -2.44. The van der Waals surface area contributed by atoms with Gasteiger partial charge in [0.2, 0.25) is 11.8 Å². The molecule has 4 heterocycles. The SMILES string of the molecule is CC(=O)N1CCC(C(=O)N2CCC[C@@H](c3ccc4cn[nH]c4n3)C2)CC1. The summed E-state index contributed by atoms with van der Waals surface area (Å²) in [7, 11) is 0. The van der Waals surface area contributed by atoms with Gasteiger partial charge in [0.1, 0.15) is 0 Å². The molecule has 0 unspecified atom stereocenters. The number of piperidine rings is 2. The van der Waals surface area contributed by atoms with Crippen LogP contribution in [0.5, 0.6) is 0 Å². The summed E-state index contributed by atoms with van der Waals surface area (Å²) in [6.07, 6.45) is 5.39. The number of carbonyl (C=O) groups excluding carboxylic acids is 2. The van der Waals surface area contributed by atoms with E-state index in [-0.39, 0.29) is 23.7 Å². The zero-order valence-electron chi connectivity index (χ0n) is 15.1. The van der Waals surface area contributed by atoms with Crippen LogP contribution in [-0.4, -0.2) is 63.0 Å². The number of hydrogen-bond acceptors (Lipinski definition) is 4. The molecule has 0 spiro atoms. The molecule has 2 fully saturated rings. The molecule has 2 saturated heterocycles. The normalized spacial score (nSPS) is 22.0. The van der Waals surface area contributed by atoms with Crippen LogP contribution in [-0.2, 0) is 9.59 Å². The lowest BCUT2D eigenvalue weighted by atomic mass is 9.90. The monoisotopic (exact) mass is 355 g/mol. The van der Waals surface area contributed by atoms with E-state index in [1.165, 1.54) is 0 Å². The number of amides is 2. The van der Waals surface area contributed by atoms with E-state index in [0.717, 1.165) is 55.5 Å². The van der Waals surface area contributed by atoms with E-state index in [4.69, 9.17) is 4.98 Å². The molecule has 2 aromatic rings. The highest BCUT2D eigenvalue weighted by Gasteiger charge is 2.32. The van der Waals surface area contributed by atoms with Gasteiger partial charge in [0.15, 0.2) is 5.65 Å². The second-order valence-corrected chi connectivity index (χ2v) is 7.45. The van der Waals surface area contributed by atoms with Crippen LogP contribution in [0.1, 0.15) is 44.2 Å². The lowest BCUT2D eigenvalue weighted by molar-refractivity contribution is -0.141. The van der Waals surface area contributed by atoms with E-state index in [0.29, 0.717) is 13.1 Å². The van der Waals surface area contributed by atoms with Gasteiger partial charge in [0, 0.05) is 56.0 Å². The molecular formula is C19H25N5O2. The first-order chi connectivity index (χ1) is 12.6. The molecule has 7 heteroatoms. The summed E-state index contributed by atoms with van der Waals surface area (Å²) in [6.45, 7) is 4.55. The molecule has 138 valence electrons. The minimum absolute atomic E-state index is 0.0485. The Morgan fingerprint density at radius 2 is 1.92 bits per heavy atom. The number of carbonyl (C=O) groups is 2. The zero-order chi connectivity index (χ0) is 18.1. The fraction of sp³-hybridized carbons (Fsp3) is 0.579. The second kappa shape index (κ2) is 7.05. The van der Waals surface area contributed by atoms with Gasteiger partial charge in [0.05, 0.1) is 6.20 Å². The molecule has 0 saturated carbocycles. The van der Waals surface area contributed by atoms with Crippen molar-refractivity contribution in [2.75, 3.05) is 26.2 Å². The number of nitrogens with one attached hydrogen (secondary N) is 1. The van der Waals surface area contributed by atoms with Gasteiger partial charge in [-0.3, -0.25) is 14.7 Å². The maximum atomic E-state index is 13.0. The molecule has 0 bridgehead atoms. The van der Waals surface area contributed by atoms with Crippen molar-refractivity contribution in [3.8, 4) is 0 Å². The Bertz CT molecular complexity index is 809. The number of aromatic nitrogens is 3. The first-order valence-electron chi connectivity index (χ1n) is 9.46. The number of aromatic amines is 1. The maximum absolute atomic E-state index is 13.0. The number of nitrogens with zero attached hydrogens (tertiary/aromatic N) is 4. The Labute approximate surface area is 152 Å². The van der Waals surface area contributed by atoms with E-state index in [2.05, 4.69) is 16.3 Å². The van der Waals surface area contributed by atoms with Crippen LogP contribution >= 0.6 is 0 Å². The van der Waals surface area contributed by atoms with Crippen molar-refractivity contribution in [1.82, 2.24) is 25.0 Å². The number of hydrogen-bond donors (Lipinski definition) is 1. The van der Waals surface area contributed by atoms with Crippen LogP contribution in [0.3, 0.4) is 0 Å². The standard InChI is InChI=1S/C19H25N5O2/c1-13(25)23-9-6-14(7-10-23)19(26)24-8-2-3-16(12-24)17-5-4-15-11-20-22-18(15)21-17/h4-5,11,14,16H,2-3,6-10,12H2,1H3,(H,20,21,22)/t16-/m1/s1. The van der Waals surface area contributed by atoms with Crippen LogP contribution in [0.4, 0.5) is 0 Å². The lowest BCUT2D eigenvalue weighted by Crippen LogP contribution is -2.46. The van der Waals surface area contributed by atoms with Crippen molar-refractivity contribution < 1.29 is 9.59 Å². The van der Waals surface area contributed by atoms with Gasteiger partial charge >= 0.3 is 0 Å². The minimum Gasteiger partial charge on any atom is -0.343 e. The first-order valence-corrected chi connectivity index (χ1v) is 9.46. The van der Waals surface area contributed by atoms with E-state index < -0.39 is 0 Å². The molecule has 7 nitrogen and oxygen atoms in total. The highest BCUT2D eigenvalue weighted by Crippen LogP contribution is 2.29. The average Bonchev–Trinajstić information content (AvgIpc) is 3.15. The Kier molecular flexibility index (Phi) is 4.61. The van der Waals surface area contributed by atoms with Gasteiger partial charge < -0.3 is 9.80 Å². The van der Waals surface area contributed by atoms with Crippen LogP contribution in [0.2, 0.25) is 0 Å². The lowest BCUT2D eigenvalue weighted by Gasteiger charge is -2.37. The predicted octanol–water partition coefficient (Wildman–Crippen LogP) is 1.92. The molecule has 2 aromatic heterocycles. The van der Waals surface area contributed by atoms with Gasteiger partial charge in [0.25, 0.3) is 0 Å². The molecule has 4 rings (SSSR count). The number of likely N-dealkylation sites (tertiary alicyclic amines) is 2. The third-order valence-corrected chi connectivity index (χ3v) is 5.76. The molecular weight excluding hydrogens is 330 g/mol. The quantitative estimate of drug-likeness (QED) is 0.892. The highest BCUT2D eigenvalue weighted by molar-refractivity contribution is 5.80. The molecule has 2 aliphatic heterocycles. The van der Waals surface area contributed by atoms with Gasteiger partial charge in [-0.1, -0.05) is 0 Å². The zero-order valence-corrected chi connectivity index (χ0v) is 15.1. The predicted molar refractivity (Wildman–Crippen MR) is 97.4 cm³/mol. The molecule has 1 N–H and O–H groups in total. The fourth-order valence-corrected chi connectivity index (χ4v) is 4.19. The van der Waals surface area contributed by atoms with Crippen molar-refractivity contribution in [3.63, 3.8) is 0 Å². The third-order valence-electron chi connectivity index (χ3n) is 5.76. The van der Waals surface area contributed by atoms with Gasteiger partial charge in [-0.25, -0.2) is 4.98 Å². The molecule has 26 heavy (non-hydrogen) atoms. The summed E-state index contributed by atoms with van der Waals surface area (Å²) in [4.78, 5) is 33.0. The largest absolute Gasteiger partial charge is 0.343 e. The highest BCUT2D eigenvalue weighted by atomic mass is 16.2. The van der Waals surface area contributed by atoms with Crippen molar-refractivity contribution in [2.24, 2.45) is 5.92 Å². The molecule has 0 radical (unpaired) electrons. The summed E-state index contributed by atoms with van der Waals surface area (Å²) in [5, 5.41) is 7.96. The molecule has 2 amide bonds. The summed E-state index contributed by atoms with van der Waals surface area (Å²) in [5.41, 5.74) is 1.84. The molecule has 2 aliphatic rings. The third kappa shape index (κ3) is 3.30. The molecule has 0 aliphatic carbocycles. The Balaban J connectivity index is 1.41. The van der Waals surface area contributed by atoms with Crippen LogP contribution in [0.25, 0.3) is 11.0 Å². The number of pyridine rings is 1. The van der Waals surface area contributed by atoms with Crippen molar-refractivity contribution in [1.29, 1.82) is 0 Å². The van der Waals surface area contributed by atoms with Crippen molar-refractivity contribution >= 4 is 22.8 Å². The Morgan fingerprint density at radius 3 is 2.69 bits per heavy atom. The van der Waals surface area contributed by atoms with Gasteiger partial charge in [-0.2, -0.15) is 5.10 Å². The van der Waals surface area contributed by atoms with Crippen LogP contribution in [0.15, 0.2) is 18.3 Å². The summed E-state index contributed by atoms with van der Waals surface area (Å²) < 4.78 is 0. The van der Waals surface area contributed by atoms with E-state index >= 15 is 0 Å². The molecule has 0 aromatic carbocycles. The van der Waals surface area contributed by atoms with E-state index in [1.807, 2.05) is 15.9 Å². The number of fused-ring (bicyclic) bond motifs is 1. The smallest absolute Gasteiger partial charge is 0.225 e. The molecule has 1 atom stereocenters. The number of H-pyrrole nitrogens is 1. The maximum Gasteiger partial charge on any atom is 0.225 e.